The van der Waals surface area contributed by atoms with E-state index in [1.807, 2.05) is 0 Å². The van der Waals surface area contributed by atoms with Crippen molar-refractivity contribution in [2.45, 2.75) is 13.1 Å². The lowest BCUT2D eigenvalue weighted by Gasteiger charge is -2.15. The third-order valence-corrected chi connectivity index (χ3v) is 6.87. The van der Waals surface area contributed by atoms with Crippen molar-refractivity contribution in [1.82, 2.24) is 19.5 Å². The quantitative estimate of drug-likeness (QED) is 0.0648. The molecule has 0 aliphatic carbocycles. The number of ketones is 1. The number of halogens is 4. The third-order valence-electron chi connectivity index (χ3n) is 6.87. The number of ether oxygens (including phenoxy) is 5. The van der Waals surface area contributed by atoms with Crippen molar-refractivity contribution in [1.29, 1.82) is 0 Å². The van der Waals surface area contributed by atoms with Gasteiger partial charge in [-0.25, -0.2) is 19.3 Å². The van der Waals surface area contributed by atoms with Gasteiger partial charge >= 0.3 is 6.18 Å². The SMILES string of the molecule is COCCOc1cc2ncnc(Oc3ccc(C(=O)C(=O)Nc4cc(-n5cnc(C)c5)cc(C(F)(F)F)c4)c(F)c3)c2cc1OCCOC. The topological polar surface area (TPSA) is 136 Å². The van der Waals surface area contributed by atoms with E-state index in [2.05, 4.69) is 20.3 Å². The normalized spacial score (nSPS) is 11.4. The predicted octanol–water partition coefficient (Wildman–Crippen LogP) is 5.95. The van der Waals surface area contributed by atoms with E-state index in [-0.39, 0.29) is 36.2 Å². The second-order valence-corrected chi connectivity index (χ2v) is 10.4. The summed E-state index contributed by atoms with van der Waals surface area (Å²) in [7, 11) is 3.07. The van der Waals surface area contributed by atoms with Crippen molar-refractivity contribution in [3.8, 4) is 28.8 Å². The van der Waals surface area contributed by atoms with Crippen molar-refractivity contribution >= 4 is 28.3 Å². The molecular formula is C33H29F4N5O7. The van der Waals surface area contributed by atoms with Gasteiger partial charge in [0, 0.05) is 43.9 Å². The number of amides is 1. The van der Waals surface area contributed by atoms with Crippen LogP contribution in [0.2, 0.25) is 0 Å². The molecule has 0 saturated carbocycles. The summed E-state index contributed by atoms with van der Waals surface area (Å²) in [6, 6.07) is 9.09. The number of nitrogens with one attached hydrogen (secondary N) is 1. The van der Waals surface area contributed by atoms with Crippen molar-refractivity contribution < 1.29 is 50.8 Å². The van der Waals surface area contributed by atoms with Gasteiger partial charge in [0.1, 0.15) is 31.1 Å². The molecule has 0 radical (unpaired) electrons. The first-order valence-corrected chi connectivity index (χ1v) is 14.6. The van der Waals surface area contributed by atoms with Crippen molar-refractivity contribution in [3.63, 3.8) is 0 Å². The van der Waals surface area contributed by atoms with Gasteiger partial charge < -0.3 is 33.6 Å². The first-order chi connectivity index (χ1) is 23.5. The fourth-order valence-electron chi connectivity index (χ4n) is 4.54. The van der Waals surface area contributed by atoms with E-state index < -0.39 is 34.8 Å². The number of methoxy groups -OCH3 is 2. The van der Waals surface area contributed by atoms with Gasteiger partial charge in [0.05, 0.1) is 47.3 Å². The minimum absolute atomic E-state index is 0.0229. The Balaban J connectivity index is 1.36. The minimum atomic E-state index is -4.76. The van der Waals surface area contributed by atoms with Crippen molar-refractivity contribution in [2.24, 2.45) is 0 Å². The molecule has 0 aliphatic heterocycles. The maximum atomic E-state index is 15.2. The Labute approximate surface area is 276 Å². The van der Waals surface area contributed by atoms with E-state index in [0.29, 0.717) is 47.4 Å². The lowest BCUT2D eigenvalue weighted by Crippen LogP contribution is -2.24. The molecule has 0 aliphatic rings. The van der Waals surface area contributed by atoms with Gasteiger partial charge in [-0.2, -0.15) is 13.2 Å². The largest absolute Gasteiger partial charge is 0.487 e. The molecule has 16 heteroatoms. The zero-order chi connectivity index (χ0) is 35.1. The number of carbonyl (C=O) groups excluding carboxylic acids is 2. The van der Waals surface area contributed by atoms with E-state index in [1.165, 1.54) is 49.8 Å². The summed E-state index contributed by atoms with van der Waals surface area (Å²) in [5, 5.41) is 2.53. The first-order valence-electron chi connectivity index (χ1n) is 14.6. The van der Waals surface area contributed by atoms with Crippen LogP contribution in [0.15, 0.2) is 67.4 Å². The number of hydrogen-bond donors (Lipinski definition) is 1. The Hall–Kier alpha value is -5.61. The standard InChI is InChI=1S/C33H29F4N5O7/c1-19-16-42(18-40-19)22-11-20(33(35,36)37)10-21(12-22)41-31(44)30(43)24-5-4-23(13-26(24)34)49-32-25-14-28(47-8-6-45-2)29(48-9-7-46-3)15-27(25)38-17-39-32/h4-5,10-18H,6-9H2,1-3H3,(H,41,44). The molecule has 0 saturated heterocycles. The highest BCUT2D eigenvalue weighted by molar-refractivity contribution is 6.46. The molecule has 5 rings (SSSR count). The van der Waals surface area contributed by atoms with Gasteiger partial charge in [-0.1, -0.05) is 0 Å². The van der Waals surface area contributed by atoms with Gasteiger partial charge in [0.25, 0.3) is 11.7 Å². The summed E-state index contributed by atoms with van der Waals surface area (Å²) < 4.78 is 84.9. The first kappa shape index (κ1) is 34.7. The number of aryl methyl sites for hydroxylation is 1. The number of nitrogens with zero attached hydrogens (tertiary/aromatic N) is 4. The highest BCUT2D eigenvalue weighted by Gasteiger charge is 2.32. The Morgan fingerprint density at radius 3 is 2.22 bits per heavy atom. The second kappa shape index (κ2) is 15.1. The van der Waals surface area contributed by atoms with E-state index in [0.717, 1.165) is 18.2 Å². The smallest absolute Gasteiger partial charge is 0.416 e. The monoisotopic (exact) mass is 683 g/mol. The predicted molar refractivity (Wildman–Crippen MR) is 167 cm³/mol. The number of rotatable bonds is 14. The molecule has 0 unspecified atom stereocenters. The van der Waals surface area contributed by atoms with Crippen LogP contribution in [0.5, 0.6) is 23.1 Å². The highest BCUT2D eigenvalue weighted by atomic mass is 19.4. The molecule has 3 aromatic carbocycles. The van der Waals surface area contributed by atoms with Crippen molar-refractivity contribution in [3.05, 3.63) is 90.0 Å². The Bertz CT molecular complexity index is 1980. The Kier molecular flexibility index (Phi) is 10.7. The summed E-state index contributed by atoms with van der Waals surface area (Å²) in [5.74, 6) is -3.13. The van der Waals surface area contributed by atoms with E-state index >= 15 is 4.39 Å². The molecule has 49 heavy (non-hydrogen) atoms. The summed E-state index contributed by atoms with van der Waals surface area (Å²) in [6.45, 7) is 2.74. The summed E-state index contributed by atoms with van der Waals surface area (Å²) in [6.07, 6.45) is -0.739. The number of alkyl halides is 3. The Morgan fingerprint density at radius 2 is 1.59 bits per heavy atom. The highest BCUT2D eigenvalue weighted by Crippen LogP contribution is 2.37. The van der Waals surface area contributed by atoms with Gasteiger partial charge in [0.2, 0.25) is 5.88 Å². The van der Waals surface area contributed by atoms with Gasteiger partial charge in [0.15, 0.2) is 11.5 Å². The summed E-state index contributed by atoms with van der Waals surface area (Å²) in [5.41, 5.74) is -1.05. The number of Topliss-reactive ketones (excluding diaryl/α,β-unsaturated/α-hetero) is 1. The minimum Gasteiger partial charge on any atom is -0.487 e. The molecule has 0 fully saturated rings. The van der Waals surface area contributed by atoms with Gasteiger partial charge in [-0.3, -0.25) is 9.59 Å². The van der Waals surface area contributed by atoms with E-state index in [4.69, 9.17) is 23.7 Å². The molecule has 2 aromatic heterocycles. The van der Waals surface area contributed by atoms with Gasteiger partial charge in [-0.05, 0) is 43.3 Å². The molecule has 0 spiro atoms. The number of anilines is 1. The van der Waals surface area contributed by atoms with Crippen LogP contribution >= 0.6 is 0 Å². The zero-order valence-corrected chi connectivity index (χ0v) is 26.3. The molecule has 2 heterocycles. The van der Waals surface area contributed by atoms with Crippen LogP contribution < -0.4 is 19.5 Å². The van der Waals surface area contributed by atoms with Crippen LogP contribution in [0.4, 0.5) is 23.2 Å². The summed E-state index contributed by atoms with van der Waals surface area (Å²) in [4.78, 5) is 38.2. The van der Waals surface area contributed by atoms with Crippen LogP contribution in [0, 0.1) is 12.7 Å². The molecule has 1 N–H and O–H groups in total. The molecular weight excluding hydrogens is 654 g/mol. The van der Waals surface area contributed by atoms with Crippen molar-refractivity contribution in [2.75, 3.05) is 46.0 Å². The van der Waals surface area contributed by atoms with Crippen LogP contribution in [0.25, 0.3) is 16.6 Å². The average molecular weight is 684 g/mol. The number of benzene rings is 3. The average Bonchev–Trinajstić information content (AvgIpc) is 3.51. The fourth-order valence-corrected chi connectivity index (χ4v) is 4.54. The van der Waals surface area contributed by atoms with Crippen LogP contribution in [-0.4, -0.2) is 71.9 Å². The van der Waals surface area contributed by atoms with Gasteiger partial charge in [-0.15, -0.1) is 0 Å². The number of aromatic nitrogens is 4. The fraction of sp³-hybridized carbons (Fsp3) is 0.242. The lowest BCUT2D eigenvalue weighted by atomic mass is 10.1. The molecule has 0 atom stereocenters. The van der Waals surface area contributed by atoms with Crippen LogP contribution in [-0.2, 0) is 20.4 Å². The molecule has 12 nitrogen and oxygen atoms in total. The third kappa shape index (κ3) is 8.46. The lowest BCUT2D eigenvalue weighted by molar-refractivity contribution is -0.137. The zero-order valence-electron chi connectivity index (χ0n) is 26.3. The maximum absolute atomic E-state index is 15.2. The summed E-state index contributed by atoms with van der Waals surface area (Å²) >= 11 is 0. The van der Waals surface area contributed by atoms with Crippen LogP contribution in [0.1, 0.15) is 21.6 Å². The number of fused-ring (bicyclic) bond motifs is 1. The molecule has 0 bridgehead atoms. The number of imidazole rings is 1. The van der Waals surface area contributed by atoms with Crippen LogP contribution in [0.3, 0.4) is 0 Å². The number of carbonyl (C=O) groups is 2. The molecule has 5 aromatic rings. The van der Waals surface area contributed by atoms with E-state index in [9.17, 15) is 22.8 Å². The van der Waals surface area contributed by atoms with E-state index in [1.54, 1.807) is 19.1 Å². The molecule has 1 amide bonds. The second-order valence-electron chi connectivity index (χ2n) is 10.4. The molecule has 256 valence electrons. The Morgan fingerprint density at radius 1 is 0.878 bits per heavy atom. The number of hydrogen-bond acceptors (Lipinski definition) is 10. The maximum Gasteiger partial charge on any atom is 0.416 e.